The zero-order chi connectivity index (χ0) is 20.4. The van der Waals surface area contributed by atoms with Crippen LogP contribution in [0.25, 0.3) is 22.2 Å². The number of pyridine rings is 1. The van der Waals surface area contributed by atoms with E-state index in [1.54, 1.807) is 30.3 Å². The highest BCUT2D eigenvalue weighted by atomic mass is 19.1. The van der Waals surface area contributed by atoms with Crippen LogP contribution in [0.15, 0.2) is 72.8 Å². The summed E-state index contributed by atoms with van der Waals surface area (Å²) in [4.78, 5) is 17.6. The highest BCUT2D eigenvalue weighted by molar-refractivity contribution is 6.07. The Morgan fingerprint density at radius 3 is 2.24 bits per heavy atom. The van der Waals surface area contributed by atoms with E-state index in [-0.39, 0.29) is 24.1 Å². The number of aromatic nitrogens is 1. The molecule has 5 heteroatoms. The second-order valence-electron chi connectivity index (χ2n) is 6.89. The summed E-state index contributed by atoms with van der Waals surface area (Å²) in [5.41, 5.74) is 4.30. The third-order valence-corrected chi connectivity index (χ3v) is 4.72. The molecular weight excluding hydrogens is 370 g/mol. The number of carbonyl (C=O) groups excluding carboxylic acids is 1. The van der Waals surface area contributed by atoms with Crippen molar-refractivity contribution in [2.75, 3.05) is 0 Å². The molecule has 0 atom stereocenters. The molecule has 0 aliphatic carbocycles. The molecule has 3 nitrogen and oxygen atoms in total. The molecule has 0 saturated carbocycles. The first-order valence-corrected chi connectivity index (χ1v) is 9.19. The smallest absolute Gasteiger partial charge is 0.252 e. The Morgan fingerprint density at radius 2 is 1.55 bits per heavy atom. The van der Waals surface area contributed by atoms with Crippen LogP contribution in [-0.4, -0.2) is 10.9 Å². The number of nitrogens with zero attached hydrogens (tertiary/aromatic N) is 1. The molecule has 1 aromatic heterocycles. The van der Waals surface area contributed by atoms with E-state index in [9.17, 15) is 13.6 Å². The zero-order valence-corrected chi connectivity index (χ0v) is 15.7. The average molecular weight is 388 g/mol. The largest absolute Gasteiger partial charge is 0.348 e. The fourth-order valence-electron chi connectivity index (χ4n) is 3.18. The SMILES string of the molecule is Cc1ccc2nc(-c3ccc(F)cc3)cc(C(=O)NCc3ccc(F)cc3)c2c1. The Bertz CT molecular complexity index is 1190. The highest BCUT2D eigenvalue weighted by Gasteiger charge is 2.14. The first kappa shape index (κ1) is 18.7. The van der Waals surface area contributed by atoms with E-state index in [0.29, 0.717) is 16.8 Å². The molecule has 4 rings (SSSR count). The lowest BCUT2D eigenvalue weighted by Crippen LogP contribution is -2.23. The van der Waals surface area contributed by atoms with Crippen molar-refractivity contribution >= 4 is 16.8 Å². The summed E-state index contributed by atoms with van der Waals surface area (Å²) in [5, 5.41) is 3.63. The van der Waals surface area contributed by atoms with Crippen molar-refractivity contribution in [3.8, 4) is 11.3 Å². The van der Waals surface area contributed by atoms with Crippen LogP contribution in [0.1, 0.15) is 21.5 Å². The molecule has 1 N–H and O–H groups in total. The zero-order valence-electron chi connectivity index (χ0n) is 15.7. The minimum absolute atomic E-state index is 0.254. The van der Waals surface area contributed by atoms with Crippen LogP contribution in [0.4, 0.5) is 8.78 Å². The van der Waals surface area contributed by atoms with Crippen LogP contribution >= 0.6 is 0 Å². The summed E-state index contributed by atoms with van der Waals surface area (Å²) in [6.45, 7) is 2.23. The van der Waals surface area contributed by atoms with Crippen molar-refractivity contribution in [3.05, 3.63) is 101 Å². The quantitative estimate of drug-likeness (QED) is 0.507. The van der Waals surface area contributed by atoms with Gasteiger partial charge in [-0.3, -0.25) is 4.79 Å². The van der Waals surface area contributed by atoms with Gasteiger partial charge in [0.1, 0.15) is 11.6 Å². The first-order valence-electron chi connectivity index (χ1n) is 9.19. The molecule has 0 radical (unpaired) electrons. The molecule has 29 heavy (non-hydrogen) atoms. The van der Waals surface area contributed by atoms with Gasteiger partial charge in [0.15, 0.2) is 0 Å². The Morgan fingerprint density at radius 1 is 0.897 bits per heavy atom. The number of amides is 1. The van der Waals surface area contributed by atoms with Crippen LogP contribution < -0.4 is 5.32 Å². The molecule has 0 spiro atoms. The number of nitrogens with one attached hydrogen (secondary N) is 1. The van der Waals surface area contributed by atoms with Gasteiger partial charge in [-0.1, -0.05) is 23.8 Å². The van der Waals surface area contributed by atoms with Crippen molar-refractivity contribution in [1.82, 2.24) is 10.3 Å². The number of halogens is 2. The highest BCUT2D eigenvalue weighted by Crippen LogP contribution is 2.26. The van der Waals surface area contributed by atoms with Crippen LogP contribution in [0.5, 0.6) is 0 Å². The Hall–Kier alpha value is -3.60. The number of carbonyl (C=O) groups is 1. The van der Waals surface area contributed by atoms with Gasteiger partial charge in [-0.25, -0.2) is 13.8 Å². The summed E-state index contributed by atoms with van der Waals surface area (Å²) in [5.74, 6) is -0.905. The average Bonchev–Trinajstić information content (AvgIpc) is 2.73. The monoisotopic (exact) mass is 388 g/mol. The van der Waals surface area contributed by atoms with E-state index in [2.05, 4.69) is 10.3 Å². The maximum absolute atomic E-state index is 13.3. The van der Waals surface area contributed by atoms with E-state index >= 15 is 0 Å². The number of hydrogen-bond acceptors (Lipinski definition) is 2. The number of aryl methyl sites for hydroxylation is 1. The lowest BCUT2D eigenvalue weighted by Gasteiger charge is -2.11. The van der Waals surface area contributed by atoms with Gasteiger partial charge in [-0.15, -0.1) is 0 Å². The van der Waals surface area contributed by atoms with Crippen LogP contribution in [0.3, 0.4) is 0 Å². The number of fused-ring (bicyclic) bond motifs is 1. The Labute approximate surface area is 167 Å². The molecule has 3 aromatic carbocycles. The van der Waals surface area contributed by atoms with Crippen molar-refractivity contribution < 1.29 is 13.6 Å². The summed E-state index contributed by atoms with van der Waals surface area (Å²) in [6, 6.07) is 19.4. The fraction of sp³-hybridized carbons (Fsp3) is 0.0833. The maximum Gasteiger partial charge on any atom is 0.252 e. The minimum atomic E-state index is -0.331. The van der Waals surface area contributed by atoms with E-state index in [1.807, 2.05) is 25.1 Å². The predicted octanol–water partition coefficient (Wildman–Crippen LogP) is 5.42. The van der Waals surface area contributed by atoms with Gasteiger partial charge in [-0.2, -0.15) is 0 Å². The second-order valence-corrected chi connectivity index (χ2v) is 6.89. The fourth-order valence-corrected chi connectivity index (χ4v) is 3.18. The number of hydrogen-bond donors (Lipinski definition) is 1. The van der Waals surface area contributed by atoms with Crippen LogP contribution in [-0.2, 0) is 6.54 Å². The topological polar surface area (TPSA) is 42.0 Å². The summed E-state index contributed by atoms with van der Waals surface area (Å²) >= 11 is 0. The molecule has 1 amide bonds. The maximum atomic E-state index is 13.3. The first-order chi connectivity index (χ1) is 14.0. The van der Waals surface area contributed by atoms with Gasteiger partial charge >= 0.3 is 0 Å². The summed E-state index contributed by atoms with van der Waals surface area (Å²) < 4.78 is 26.4. The molecule has 0 saturated heterocycles. The minimum Gasteiger partial charge on any atom is -0.348 e. The number of benzene rings is 3. The predicted molar refractivity (Wildman–Crippen MR) is 109 cm³/mol. The number of rotatable bonds is 4. The molecule has 0 unspecified atom stereocenters. The van der Waals surface area contributed by atoms with Crippen molar-refractivity contribution in [1.29, 1.82) is 0 Å². The van der Waals surface area contributed by atoms with E-state index in [0.717, 1.165) is 22.1 Å². The Kier molecular flexibility index (Phi) is 5.04. The lowest BCUT2D eigenvalue weighted by molar-refractivity contribution is 0.0952. The van der Waals surface area contributed by atoms with Crippen molar-refractivity contribution in [2.45, 2.75) is 13.5 Å². The van der Waals surface area contributed by atoms with E-state index < -0.39 is 0 Å². The van der Waals surface area contributed by atoms with E-state index in [1.165, 1.54) is 24.3 Å². The molecule has 0 aliphatic rings. The van der Waals surface area contributed by atoms with Gasteiger partial charge in [0, 0.05) is 17.5 Å². The van der Waals surface area contributed by atoms with Gasteiger partial charge in [-0.05, 0) is 67.1 Å². The lowest BCUT2D eigenvalue weighted by atomic mass is 10.0. The standard InChI is InChI=1S/C24H18F2N2O/c1-15-2-11-22-20(12-15)21(13-23(28-22)17-5-9-19(26)10-6-17)24(29)27-14-16-3-7-18(25)8-4-16/h2-13H,14H2,1H3,(H,27,29). The Balaban J connectivity index is 1.72. The molecule has 0 aliphatic heterocycles. The summed E-state index contributed by atoms with van der Waals surface area (Å²) in [6.07, 6.45) is 0. The van der Waals surface area contributed by atoms with Crippen molar-refractivity contribution in [2.24, 2.45) is 0 Å². The normalized spacial score (nSPS) is 10.9. The summed E-state index contributed by atoms with van der Waals surface area (Å²) in [7, 11) is 0. The second kappa shape index (κ2) is 7.80. The van der Waals surface area contributed by atoms with Crippen LogP contribution in [0, 0.1) is 18.6 Å². The molecule has 0 fully saturated rings. The molecule has 1 heterocycles. The van der Waals surface area contributed by atoms with Gasteiger partial charge < -0.3 is 5.32 Å². The van der Waals surface area contributed by atoms with Crippen LogP contribution in [0.2, 0.25) is 0 Å². The van der Waals surface area contributed by atoms with Gasteiger partial charge in [0.05, 0.1) is 16.8 Å². The molecule has 0 bridgehead atoms. The van der Waals surface area contributed by atoms with E-state index in [4.69, 9.17) is 0 Å². The molecule has 144 valence electrons. The molecule has 4 aromatic rings. The van der Waals surface area contributed by atoms with Gasteiger partial charge in [0.2, 0.25) is 0 Å². The van der Waals surface area contributed by atoms with Gasteiger partial charge in [0.25, 0.3) is 5.91 Å². The third-order valence-electron chi connectivity index (χ3n) is 4.72. The third kappa shape index (κ3) is 4.14. The van der Waals surface area contributed by atoms with Crippen molar-refractivity contribution in [3.63, 3.8) is 0 Å². The molecular formula is C24H18F2N2O.